The average Bonchev–Trinajstić information content (AvgIpc) is 2.81. The smallest absolute Gasteiger partial charge is 0.170 e. The minimum absolute atomic E-state index is 0.339. The van der Waals surface area contributed by atoms with Crippen LogP contribution >= 0.6 is 0 Å². The maximum atomic E-state index is 10.5. The second kappa shape index (κ2) is 4.07. The molecule has 1 N–H and O–H groups in total. The van der Waals surface area contributed by atoms with E-state index in [0.29, 0.717) is 12.0 Å². The van der Waals surface area contributed by atoms with Gasteiger partial charge < -0.3 is 4.98 Å². The molecule has 0 saturated heterocycles. The molecule has 0 amide bonds. The van der Waals surface area contributed by atoms with Gasteiger partial charge in [-0.2, -0.15) is 0 Å². The molecule has 0 aliphatic rings. The molecule has 0 aliphatic carbocycles. The normalized spacial score (nSPS) is 10.7. The van der Waals surface area contributed by atoms with Crippen LogP contribution in [0.4, 0.5) is 0 Å². The van der Waals surface area contributed by atoms with Gasteiger partial charge in [-0.3, -0.25) is 9.78 Å². The first-order chi connectivity index (χ1) is 8.76. The molecule has 0 fully saturated rings. The number of rotatable bonds is 2. The van der Waals surface area contributed by atoms with E-state index in [9.17, 15) is 4.79 Å². The molecule has 1 aromatic carbocycles. The van der Waals surface area contributed by atoms with Crippen molar-refractivity contribution >= 4 is 17.2 Å². The van der Waals surface area contributed by atoms with E-state index in [2.05, 4.69) is 40.1 Å². The zero-order chi connectivity index (χ0) is 12.5. The molecule has 0 aliphatic heterocycles. The van der Waals surface area contributed by atoms with Crippen molar-refractivity contribution in [1.82, 2.24) is 15.0 Å². The first-order valence-electron chi connectivity index (χ1n) is 5.63. The Morgan fingerprint density at radius 3 is 2.78 bits per heavy atom. The van der Waals surface area contributed by atoms with Gasteiger partial charge in [0.1, 0.15) is 11.4 Å². The number of aryl methyl sites for hydroxylation is 1. The number of aromatic amines is 1. The van der Waals surface area contributed by atoms with Gasteiger partial charge in [0.15, 0.2) is 6.29 Å². The van der Waals surface area contributed by atoms with Gasteiger partial charge in [0, 0.05) is 10.9 Å². The highest BCUT2D eigenvalue weighted by Crippen LogP contribution is 2.22. The lowest BCUT2D eigenvalue weighted by molar-refractivity contribution is 0.111. The minimum Gasteiger partial charge on any atom is -0.353 e. The number of fused-ring (bicyclic) bond motifs is 1. The number of benzene rings is 1. The van der Waals surface area contributed by atoms with Crippen molar-refractivity contribution < 1.29 is 4.79 Å². The Morgan fingerprint density at radius 2 is 2.06 bits per heavy atom. The summed E-state index contributed by atoms with van der Waals surface area (Å²) in [5.41, 5.74) is 4.25. The number of hydrogen-bond donors (Lipinski definition) is 1. The molecular weight excluding hydrogens is 226 g/mol. The maximum absolute atomic E-state index is 10.5. The predicted molar refractivity (Wildman–Crippen MR) is 69.4 cm³/mol. The molecule has 0 radical (unpaired) electrons. The van der Waals surface area contributed by atoms with Crippen LogP contribution in [0.3, 0.4) is 0 Å². The van der Waals surface area contributed by atoms with Gasteiger partial charge in [-0.05, 0) is 24.6 Å². The average molecular weight is 237 g/mol. The SMILES string of the molecule is Cc1ccc2cc(-c3cnc(C=O)cn3)[nH]c2c1. The zero-order valence-corrected chi connectivity index (χ0v) is 9.84. The third kappa shape index (κ3) is 1.78. The van der Waals surface area contributed by atoms with Gasteiger partial charge in [-0.15, -0.1) is 0 Å². The Balaban J connectivity index is 2.10. The molecule has 0 unspecified atom stereocenters. The van der Waals surface area contributed by atoms with Crippen molar-refractivity contribution in [3.05, 3.63) is 47.9 Å². The van der Waals surface area contributed by atoms with Crippen molar-refractivity contribution in [2.24, 2.45) is 0 Å². The van der Waals surface area contributed by atoms with Gasteiger partial charge >= 0.3 is 0 Å². The highest BCUT2D eigenvalue weighted by atomic mass is 16.1. The summed E-state index contributed by atoms with van der Waals surface area (Å²) in [6.45, 7) is 2.05. The summed E-state index contributed by atoms with van der Waals surface area (Å²) in [7, 11) is 0. The molecule has 4 heteroatoms. The number of carbonyl (C=O) groups excluding carboxylic acids is 1. The summed E-state index contributed by atoms with van der Waals surface area (Å²) in [5.74, 6) is 0. The molecule has 18 heavy (non-hydrogen) atoms. The van der Waals surface area contributed by atoms with E-state index in [1.54, 1.807) is 6.20 Å². The fourth-order valence-corrected chi connectivity index (χ4v) is 1.92. The molecule has 3 rings (SSSR count). The molecule has 4 nitrogen and oxygen atoms in total. The second-order valence-corrected chi connectivity index (χ2v) is 4.22. The van der Waals surface area contributed by atoms with E-state index in [0.717, 1.165) is 22.3 Å². The van der Waals surface area contributed by atoms with E-state index in [-0.39, 0.29) is 0 Å². The Hall–Kier alpha value is -2.49. The Labute approximate surface area is 104 Å². The lowest BCUT2D eigenvalue weighted by Gasteiger charge is -1.95. The summed E-state index contributed by atoms with van der Waals surface area (Å²) < 4.78 is 0. The number of nitrogens with one attached hydrogen (secondary N) is 1. The highest BCUT2D eigenvalue weighted by molar-refractivity contribution is 5.85. The fourth-order valence-electron chi connectivity index (χ4n) is 1.92. The van der Waals surface area contributed by atoms with Gasteiger partial charge in [0.2, 0.25) is 0 Å². The standard InChI is InChI=1S/C14H11N3O/c1-9-2-3-10-5-13(17-12(10)4-9)14-7-15-11(8-18)6-16-14/h2-8,17H,1H3. The highest BCUT2D eigenvalue weighted by Gasteiger charge is 2.05. The van der Waals surface area contributed by atoms with Crippen molar-refractivity contribution in [2.75, 3.05) is 0 Å². The Bertz CT molecular complexity index is 713. The summed E-state index contributed by atoms with van der Waals surface area (Å²) >= 11 is 0. The maximum Gasteiger partial charge on any atom is 0.170 e. The molecular formula is C14H11N3O. The Morgan fingerprint density at radius 1 is 1.17 bits per heavy atom. The van der Waals surface area contributed by atoms with Crippen LogP contribution in [0.25, 0.3) is 22.3 Å². The lowest BCUT2D eigenvalue weighted by Crippen LogP contribution is -1.90. The van der Waals surface area contributed by atoms with E-state index < -0.39 is 0 Å². The van der Waals surface area contributed by atoms with E-state index in [1.165, 1.54) is 11.8 Å². The number of aromatic nitrogens is 3. The minimum atomic E-state index is 0.339. The van der Waals surface area contributed by atoms with E-state index >= 15 is 0 Å². The molecule has 0 spiro atoms. The van der Waals surface area contributed by atoms with Crippen LogP contribution < -0.4 is 0 Å². The molecule has 3 aromatic rings. The van der Waals surface area contributed by atoms with E-state index in [1.807, 2.05) is 6.07 Å². The zero-order valence-electron chi connectivity index (χ0n) is 9.84. The molecule has 2 aromatic heterocycles. The molecule has 88 valence electrons. The summed E-state index contributed by atoms with van der Waals surface area (Å²) in [5, 5.41) is 1.14. The topological polar surface area (TPSA) is 58.6 Å². The van der Waals surface area contributed by atoms with Crippen LogP contribution in [0, 0.1) is 6.92 Å². The fraction of sp³-hybridized carbons (Fsp3) is 0.0714. The number of carbonyl (C=O) groups is 1. The van der Waals surface area contributed by atoms with Crippen molar-refractivity contribution in [3.8, 4) is 11.4 Å². The van der Waals surface area contributed by atoms with Crippen molar-refractivity contribution in [1.29, 1.82) is 0 Å². The van der Waals surface area contributed by atoms with Crippen molar-refractivity contribution in [2.45, 2.75) is 6.92 Å². The first kappa shape index (κ1) is 10.7. The summed E-state index contributed by atoms with van der Waals surface area (Å²) in [6.07, 6.45) is 3.76. The van der Waals surface area contributed by atoms with Crippen LogP contribution in [-0.2, 0) is 0 Å². The van der Waals surface area contributed by atoms with Gasteiger partial charge in [-0.25, -0.2) is 4.98 Å². The summed E-state index contributed by atoms with van der Waals surface area (Å²) in [4.78, 5) is 22.0. The first-order valence-corrected chi connectivity index (χ1v) is 5.63. The lowest BCUT2D eigenvalue weighted by atomic mass is 10.2. The molecule has 2 heterocycles. The van der Waals surface area contributed by atoms with Gasteiger partial charge in [0.25, 0.3) is 0 Å². The number of hydrogen-bond acceptors (Lipinski definition) is 3. The van der Waals surface area contributed by atoms with Crippen LogP contribution in [0.5, 0.6) is 0 Å². The van der Waals surface area contributed by atoms with Crippen molar-refractivity contribution in [3.63, 3.8) is 0 Å². The quantitative estimate of drug-likeness (QED) is 0.697. The largest absolute Gasteiger partial charge is 0.353 e. The van der Waals surface area contributed by atoms with Crippen LogP contribution in [0.15, 0.2) is 36.7 Å². The Kier molecular flexibility index (Phi) is 2.41. The number of nitrogens with zero attached hydrogens (tertiary/aromatic N) is 2. The van der Waals surface area contributed by atoms with Crippen LogP contribution in [0.2, 0.25) is 0 Å². The third-order valence-electron chi connectivity index (χ3n) is 2.85. The van der Waals surface area contributed by atoms with Gasteiger partial charge in [0.05, 0.1) is 18.1 Å². The molecule has 0 bridgehead atoms. The van der Waals surface area contributed by atoms with E-state index in [4.69, 9.17) is 0 Å². The number of H-pyrrole nitrogens is 1. The monoisotopic (exact) mass is 237 g/mol. The van der Waals surface area contributed by atoms with Crippen LogP contribution in [-0.4, -0.2) is 21.2 Å². The number of aldehydes is 1. The second-order valence-electron chi connectivity index (χ2n) is 4.22. The van der Waals surface area contributed by atoms with Crippen LogP contribution in [0.1, 0.15) is 16.1 Å². The molecule has 0 saturated carbocycles. The van der Waals surface area contributed by atoms with Gasteiger partial charge in [-0.1, -0.05) is 12.1 Å². The molecule has 0 atom stereocenters. The summed E-state index contributed by atoms with van der Waals surface area (Å²) in [6, 6.07) is 8.25. The third-order valence-corrected chi connectivity index (χ3v) is 2.85. The predicted octanol–water partition coefficient (Wildman–Crippen LogP) is 2.75.